The lowest BCUT2D eigenvalue weighted by molar-refractivity contribution is 0.603. The average Bonchev–Trinajstić information content (AvgIpc) is 2.46. The SMILES string of the molecule is Cl.ClCC1NC2=C(CCCC2)N1. The molecule has 70 valence electrons. The molecule has 0 bridgehead atoms. The molecule has 0 spiro atoms. The van der Waals surface area contributed by atoms with E-state index in [0.29, 0.717) is 12.0 Å². The number of allylic oxidation sites excluding steroid dienone is 2. The van der Waals surface area contributed by atoms with Crippen molar-refractivity contribution in [2.75, 3.05) is 5.88 Å². The van der Waals surface area contributed by atoms with Gasteiger partial charge in [-0.1, -0.05) is 0 Å². The highest BCUT2D eigenvalue weighted by molar-refractivity contribution is 6.18. The third kappa shape index (κ3) is 1.80. The minimum atomic E-state index is 0. The molecule has 0 saturated carbocycles. The molecule has 2 nitrogen and oxygen atoms in total. The van der Waals surface area contributed by atoms with E-state index in [1.807, 2.05) is 0 Å². The number of hydrogen-bond donors (Lipinski definition) is 2. The molecule has 0 aromatic rings. The molecule has 2 rings (SSSR count). The van der Waals surface area contributed by atoms with Crippen molar-refractivity contribution in [1.29, 1.82) is 0 Å². The number of rotatable bonds is 1. The molecule has 0 aromatic carbocycles. The molecule has 2 aliphatic rings. The molecule has 0 amide bonds. The molecular weight excluding hydrogens is 195 g/mol. The van der Waals surface area contributed by atoms with E-state index in [1.165, 1.54) is 37.1 Å². The van der Waals surface area contributed by atoms with Crippen molar-refractivity contribution in [3.05, 3.63) is 11.4 Å². The van der Waals surface area contributed by atoms with Crippen molar-refractivity contribution in [3.63, 3.8) is 0 Å². The molecule has 12 heavy (non-hydrogen) atoms. The van der Waals surface area contributed by atoms with Crippen LogP contribution in [0.5, 0.6) is 0 Å². The first-order valence-corrected chi connectivity index (χ1v) is 4.74. The van der Waals surface area contributed by atoms with Gasteiger partial charge in [0.2, 0.25) is 0 Å². The van der Waals surface area contributed by atoms with E-state index in [1.54, 1.807) is 0 Å². The summed E-state index contributed by atoms with van der Waals surface area (Å²) in [7, 11) is 0. The summed E-state index contributed by atoms with van der Waals surface area (Å²) in [6, 6.07) is 0. The van der Waals surface area contributed by atoms with Gasteiger partial charge in [-0.25, -0.2) is 0 Å². The van der Waals surface area contributed by atoms with E-state index in [9.17, 15) is 0 Å². The molecule has 1 aliphatic carbocycles. The molecule has 0 unspecified atom stereocenters. The lowest BCUT2D eigenvalue weighted by Crippen LogP contribution is -2.34. The zero-order valence-electron chi connectivity index (χ0n) is 6.90. The molecular formula is C8H14Cl2N2. The van der Waals surface area contributed by atoms with Gasteiger partial charge in [-0.2, -0.15) is 0 Å². The van der Waals surface area contributed by atoms with Crippen LogP contribution >= 0.6 is 24.0 Å². The van der Waals surface area contributed by atoms with Crippen LogP contribution in [0, 0.1) is 0 Å². The second-order valence-corrected chi connectivity index (χ2v) is 3.47. The van der Waals surface area contributed by atoms with Crippen LogP contribution in [0.3, 0.4) is 0 Å². The number of nitrogens with one attached hydrogen (secondary N) is 2. The summed E-state index contributed by atoms with van der Waals surface area (Å²) in [5, 5.41) is 6.76. The zero-order chi connectivity index (χ0) is 7.68. The number of hydrogen-bond acceptors (Lipinski definition) is 2. The van der Waals surface area contributed by atoms with Gasteiger partial charge in [-0.3, -0.25) is 0 Å². The minimum absolute atomic E-state index is 0. The van der Waals surface area contributed by atoms with Gasteiger partial charge in [0.25, 0.3) is 0 Å². The maximum atomic E-state index is 5.72. The summed E-state index contributed by atoms with van der Waals surface area (Å²) < 4.78 is 0. The Hall–Kier alpha value is -0.0800. The summed E-state index contributed by atoms with van der Waals surface area (Å²) in [5.74, 6) is 0.646. The maximum absolute atomic E-state index is 5.72. The second-order valence-electron chi connectivity index (χ2n) is 3.16. The highest BCUT2D eigenvalue weighted by atomic mass is 35.5. The van der Waals surface area contributed by atoms with Gasteiger partial charge in [0.05, 0.1) is 5.88 Å². The zero-order valence-corrected chi connectivity index (χ0v) is 8.47. The molecule has 0 fully saturated rings. The van der Waals surface area contributed by atoms with E-state index < -0.39 is 0 Å². The van der Waals surface area contributed by atoms with Gasteiger partial charge in [0, 0.05) is 11.4 Å². The van der Waals surface area contributed by atoms with E-state index in [0.717, 1.165) is 0 Å². The van der Waals surface area contributed by atoms with Crippen molar-refractivity contribution in [2.45, 2.75) is 31.8 Å². The number of halogens is 2. The third-order valence-corrected chi connectivity index (χ3v) is 2.63. The second kappa shape index (κ2) is 4.24. The van der Waals surface area contributed by atoms with Gasteiger partial charge < -0.3 is 10.6 Å². The fourth-order valence-electron chi connectivity index (χ4n) is 1.76. The van der Waals surface area contributed by atoms with E-state index in [-0.39, 0.29) is 12.4 Å². The highest BCUT2D eigenvalue weighted by Gasteiger charge is 2.22. The average molecular weight is 209 g/mol. The Balaban J connectivity index is 0.000000720. The van der Waals surface area contributed by atoms with Crippen molar-refractivity contribution < 1.29 is 0 Å². The maximum Gasteiger partial charge on any atom is 0.110 e. The van der Waals surface area contributed by atoms with Gasteiger partial charge in [0.15, 0.2) is 0 Å². The van der Waals surface area contributed by atoms with Crippen LogP contribution < -0.4 is 10.6 Å². The summed E-state index contributed by atoms with van der Waals surface area (Å²) in [6.45, 7) is 0. The predicted octanol–water partition coefficient (Wildman–Crippen LogP) is 1.95. The predicted molar refractivity (Wildman–Crippen MR) is 53.5 cm³/mol. The topological polar surface area (TPSA) is 24.1 Å². The first kappa shape index (κ1) is 10.0. The summed E-state index contributed by atoms with van der Waals surface area (Å²) in [5.41, 5.74) is 2.81. The van der Waals surface area contributed by atoms with Gasteiger partial charge in [-0.05, 0) is 25.7 Å². The quantitative estimate of drug-likeness (QED) is 0.645. The molecule has 0 atom stereocenters. The van der Waals surface area contributed by atoms with Crippen molar-refractivity contribution in [1.82, 2.24) is 10.6 Å². The summed E-state index contributed by atoms with van der Waals surface area (Å²) >= 11 is 5.72. The van der Waals surface area contributed by atoms with Gasteiger partial charge in [-0.15, -0.1) is 24.0 Å². The third-order valence-electron chi connectivity index (χ3n) is 2.32. The van der Waals surface area contributed by atoms with Gasteiger partial charge in [0.1, 0.15) is 6.17 Å². The van der Waals surface area contributed by atoms with Crippen LogP contribution in [0.1, 0.15) is 25.7 Å². The Morgan fingerprint density at radius 1 is 1.17 bits per heavy atom. The Kier molecular flexibility index (Phi) is 3.53. The lowest BCUT2D eigenvalue weighted by Gasteiger charge is -2.11. The van der Waals surface area contributed by atoms with Crippen molar-refractivity contribution in [2.24, 2.45) is 0 Å². The smallest absolute Gasteiger partial charge is 0.110 e. The fourth-order valence-corrected chi connectivity index (χ4v) is 1.91. The molecule has 2 N–H and O–H groups in total. The Bertz CT molecular complexity index is 173. The highest BCUT2D eigenvalue weighted by Crippen LogP contribution is 2.24. The largest absolute Gasteiger partial charge is 0.366 e. The van der Waals surface area contributed by atoms with Crippen molar-refractivity contribution in [3.8, 4) is 0 Å². The van der Waals surface area contributed by atoms with E-state index >= 15 is 0 Å². The van der Waals surface area contributed by atoms with Crippen LogP contribution in [0.4, 0.5) is 0 Å². The van der Waals surface area contributed by atoms with Crippen LogP contribution in [0.15, 0.2) is 11.4 Å². The fraction of sp³-hybridized carbons (Fsp3) is 0.750. The number of alkyl halides is 1. The molecule has 1 heterocycles. The Morgan fingerprint density at radius 2 is 1.67 bits per heavy atom. The molecule has 0 aromatic heterocycles. The standard InChI is InChI=1S/C8H13ClN2.ClH/c9-5-8-10-6-3-1-2-4-7(6)11-8;/h8,10-11H,1-5H2;1H. The van der Waals surface area contributed by atoms with Crippen molar-refractivity contribution >= 4 is 24.0 Å². The first-order valence-electron chi connectivity index (χ1n) is 4.21. The van der Waals surface area contributed by atoms with Crippen LogP contribution in [0.25, 0.3) is 0 Å². The van der Waals surface area contributed by atoms with Crippen LogP contribution in [-0.4, -0.2) is 12.0 Å². The normalized spacial score (nSPS) is 22.4. The molecule has 0 saturated heterocycles. The van der Waals surface area contributed by atoms with Crippen LogP contribution in [-0.2, 0) is 0 Å². The Labute approximate surface area is 84.1 Å². The first-order chi connectivity index (χ1) is 5.40. The Morgan fingerprint density at radius 3 is 2.08 bits per heavy atom. The summed E-state index contributed by atoms with van der Waals surface area (Å²) in [6.07, 6.45) is 5.34. The summed E-state index contributed by atoms with van der Waals surface area (Å²) in [4.78, 5) is 0. The molecule has 1 aliphatic heterocycles. The van der Waals surface area contributed by atoms with E-state index in [2.05, 4.69) is 10.6 Å². The molecule has 0 radical (unpaired) electrons. The minimum Gasteiger partial charge on any atom is -0.366 e. The van der Waals surface area contributed by atoms with Crippen LogP contribution in [0.2, 0.25) is 0 Å². The monoisotopic (exact) mass is 208 g/mol. The molecule has 4 heteroatoms. The lowest BCUT2D eigenvalue weighted by atomic mass is 10.0. The van der Waals surface area contributed by atoms with Gasteiger partial charge >= 0.3 is 0 Å². The van der Waals surface area contributed by atoms with E-state index in [4.69, 9.17) is 11.6 Å².